The molecule has 0 bridgehead atoms. The molecule has 7 nitrogen and oxygen atoms in total. The molecule has 2 fully saturated rings. The molecule has 0 unspecified atom stereocenters. The molecular weight excluding hydrogens is 472 g/mol. The highest BCUT2D eigenvalue weighted by Gasteiger charge is 2.44. The third-order valence-electron chi connectivity index (χ3n) is 7.90. The molecule has 3 aromatic heterocycles. The summed E-state index contributed by atoms with van der Waals surface area (Å²) in [6, 6.07) is 11.7. The molecule has 1 aliphatic heterocycles. The van der Waals surface area contributed by atoms with Crippen LogP contribution in [0.2, 0.25) is 0 Å². The van der Waals surface area contributed by atoms with Gasteiger partial charge in [0.2, 0.25) is 0 Å². The lowest BCUT2D eigenvalue weighted by molar-refractivity contribution is 0.0691. The summed E-state index contributed by atoms with van der Waals surface area (Å²) in [6.07, 6.45) is 8.07. The van der Waals surface area contributed by atoms with Gasteiger partial charge in [-0.3, -0.25) is 0 Å². The minimum Gasteiger partial charge on any atom is -0.477 e. The molecule has 4 aromatic rings. The van der Waals surface area contributed by atoms with Crippen LogP contribution in [0, 0.1) is 12.3 Å². The number of nitrogens with zero attached hydrogens (tertiary/aromatic N) is 4. The quantitative estimate of drug-likeness (QED) is 0.345. The van der Waals surface area contributed by atoms with E-state index in [0.29, 0.717) is 10.7 Å². The number of hydrogen-bond acceptors (Lipinski definition) is 7. The van der Waals surface area contributed by atoms with E-state index in [1.807, 2.05) is 0 Å². The van der Waals surface area contributed by atoms with Crippen LogP contribution in [-0.4, -0.2) is 39.3 Å². The Morgan fingerprint density at radius 1 is 1.14 bits per heavy atom. The zero-order valence-electron chi connectivity index (χ0n) is 20.0. The van der Waals surface area contributed by atoms with Crippen LogP contribution in [0.5, 0.6) is 0 Å². The monoisotopic (exact) mass is 498 g/mol. The molecular formula is C28H26N4O3S. The van der Waals surface area contributed by atoms with E-state index >= 15 is 0 Å². The van der Waals surface area contributed by atoms with E-state index < -0.39 is 5.97 Å². The van der Waals surface area contributed by atoms with Crippen molar-refractivity contribution < 1.29 is 14.4 Å². The van der Waals surface area contributed by atoms with E-state index in [0.717, 1.165) is 60.0 Å². The predicted octanol–water partition coefficient (Wildman–Crippen LogP) is 6.30. The van der Waals surface area contributed by atoms with Gasteiger partial charge in [-0.15, -0.1) is 0 Å². The molecule has 2 aliphatic carbocycles. The number of piperidine rings is 1. The first-order valence-corrected chi connectivity index (χ1v) is 13.3. The molecule has 4 heterocycles. The Morgan fingerprint density at radius 2 is 1.92 bits per heavy atom. The van der Waals surface area contributed by atoms with Crippen molar-refractivity contribution in [3.05, 3.63) is 65.1 Å². The first-order valence-electron chi connectivity index (χ1n) is 12.5. The van der Waals surface area contributed by atoms with E-state index in [2.05, 4.69) is 52.3 Å². The van der Waals surface area contributed by atoms with E-state index in [-0.39, 0.29) is 11.1 Å². The Labute approximate surface area is 212 Å². The highest BCUT2D eigenvalue weighted by Crippen LogP contribution is 2.56. The number of allylic oxidation sites excluding steroid dienone is 2. The number of benzene rings is 1. The minimum atomic E-state index is -1.01. The van der Waals surface area contributed by atoms with Gasteiger partial charge in [-0.1, -0.05) is 46.8 Å². The first kappa shape index (κ1) is 21.7. The Morgan fingerprint density at radius 3 is 2.64 bits per heavy atom. The lowest BCUT2D eigenvalue weighted by Gasteiger charge is -2.46. The maximum absolute atomic E-state index is 11.3. The molecule has 3 aliphatic rings. The van der Waals surface area contributed by atoms with E-state index in [1.54, 1.807) is 6.07 Å². The number of carbonyl (C=O) groups is 1. The molecule has 7 rings (SSSR count). The fourth-order valence-electron chi connectivity index (χ4n) is 5.66. The van der Waals surface area contributed by atoms with Crippen LogP contribution in [0.4, 0.5) is 5.13 Å². The van der Waals surface area contributed by atoms with Crippen molar-refractivity contribution in [1.29, 1.82) is 0 Å². The lowest BCUT2D eigenvalue weighted by atomic mass is 9.63. The van der Waals surface area contributed by atoms with Crippen LogP contribution >= 0.6 is 11.3 Å². The number of rotatable bonds is 5. The average molecular weight is 499 g/mol. The summed E-state index contributed by atoms with van der Waals surface area (Å²) < 4.78 is 5.94. The zero-order valence-corrected chi connectivity index (χ0v) is 20.8. The molecule has 1 saturated carbocycles. The van der Waals surface area contributed by atoms with Crippen LogP contribution < -0.4 is 4.90 Å². The van der Waals surface area contributed by atoms with Gasteiger partial charge < -0.3 is 14.5 Å². The summed E-state index contributed by atoms with van der Waals surface area (Å²) in [7, 11) is 0. The largest absolute Gasteiger partial charge is 0.477 e. The van der Waals surface area contributed by atoms with Gasteiger partial charge in [0.15, 0.2) is 5.13 Å². The summed E-state index contributed by atoms with van der Waals surface area (Å²) in [5, 5.41) is 14.7. The summed E-state index contributed by atoms with van der Waals surface area (Å²) in [5.74, 6) is 0.580. The van der Waals surface area contributed by atoms with Crippen molar-refractivity contribution in [2.24, 2.45) is 5.41 Å². The first-order chi connectivity index (χ1) is 17.5. The average Bonchev–Trinajstić information content (AvgIpc) is 3.47. The summed E-state index contributed by atoms with van der Waals surface area (Å²) in [5.41, 5.74) is 7.05. The van der Waals surface area contributed by atoms with Crippen LogP contribution in [0.25, 0.3) is 27.2 Å². The van der Waals surface area contributed by atoms with Crippen molar-refractivity contribution in [2.75, 3.05) is 18.0 Å². The zero-order chi connectivity index (χ0) is 24.4. The van der Waals surface area contributed by atoms with Crippen LogP contribution in [0.15, 0.2) is 47.0 Å². The third kappa shape index (κ3) is 3.54. The Hall–Kier alpha value is -3.52. The van der Waals surface area contributed by atoms with Crippen molar-refractivity contribution in [3.8, 4) is 11.3 Å². The summed E-state index contributed by atoms with van der Waals surface area (Å²) in [6.45, 7) is 4.00. The van der Waals surface area contributed by atoms with Gasteiger partial charge in [0.05, 0.1) is 0 Å². The van der Waals surface area contributed by atoms with Crippen molar-refractivity contribution >= 4 is 38.4 Å². The van der Waals surface area contributed by atoms with Gasteiger partial charge in [-0.05, 0) is 67.7 Å². The second-order valence-electron chi connectivity index (χ2n) is 10.4. The number of hydrogen-bond donors (Lipinski definition) is 1. The molecule has 0 radical (unpaired) electrons. The van der Waals surface area contributed by atoms with Gasteiger partial charge in [0, 0.05) is 30.1 Å². The van der Waals surface area contributed by atoms with Crippen LogP contribution in [0.1, 0.15) is 65.4 Å². The molecule has 182 valence electrons. The van der Waals surface area contributed by atoms with Gasteiger partial charge in [-0.2, -0.15) is 0 Å². The van der Waals surface area contributed by atoms with Crippen LogP contribution in [0.3, 0.4) is 0 Å². The number of aryl methyl sites for hydroxylation is 1. The standard InChI is InChI=1S/C28H26N4O3S/c1-16-4-2-3-5-19(16)23-22(24(35-31-23)17-6-7-17)18-14-28(15-18)10-12-32(13-11-28)27-30-20-8-9-21(26(33)34)29-25(20)36-27/h2-5,8-9,14,17H,6-7,10-13,15H2,1H3,(H,33,34). The topological polar surface area (TPSA) is 92.4 Å². The Kier molecular flexibility index (Phi) is 4.83. The number of anilines is 1. The normalized spacial score (nSPS) is 18.9. The number of fused-ring (bicyclic) bond motifs is 1. The van der Waals surface area contributed by atoms with Gasteiger partial charge in [0.1, 0.15) is 27.5 Å². The molecule has 1 saturated heterocycles. The van der Waals surface area contributed by atoms with Crippen molar-refractivity contribution in [2.45, 2.75) is 44.9 Å². The number of carboxylic acids is 1. The molecule has 0 atom stereocenters. The molecule has 36 heavy (non-hydrogen) atoms. The fourth-order valence-corrected chi connectivity index (χ4v) is 6.66. The molecule has 1 aromatic carbocycles. The maximum Gasteiger partial charge on any atom is 0.354 e. The minimum absolute atomic E-state index is 0.0619. The lowest BCUT2D eigenvalue weighted by Crippen LogP contribution is -2.42. The number of pyridine rings is 1. The summed E-state index contributed by atoms with van der Waals surface area (Å²) >= 11 is 1.48. The SMILES string of the molecule is Cc1ccccc1-c1noc(C2CC2)c1C1=CC2(CCN(c3nc4ccc(C(=O)O)nc4s3)CC2)C1. The fraction of sp³-hybridized carbons (Fsp3) is 0.357. The van der Waals surface area contributed by atoms with E-state index in [4.69, 9.17) is 9.51 Å². The molecule has 0 amide bonds. The third-order valence-corrected chi connectivity index (χ3v) is 8.93. The predicted molar refractivity (Wildman–Crippen MR) is 139 cm³/mol. The van der Waals surface area contributed by atoms with Gasteiger partial charge in [0.25, 0.3) is 0 Å². The Bertz CT molecular complexity index is 1540. The summed E-state index contributed by atoms with van der Waals surface area (Å²) in [4.78, 5) is 23.2. The van der Waals surface area contributed by atoms with E-state index in [1.165, 1.54) is 46.9 Å². The van der Waals surface area contributed by atoms with Gasteiger partial charge >= 0.3 is 5.97 Å². The smallest absolute Gasteiger partial charge is 0.354 e. The number of carboxylic acid groups (broad SMARTS) is 1. The maximum atomic E-state index is 11.3. The van der Waals surface area contributed by atoms with Gasteiger partial charge in [-0.25, -0.2) is 14.8 Å². The molecule has 1 N–H and O–H groups in total. The van der Waals surface area contributed by atoms with Crippen molar-refractivity contribution in [3.63, 3.8) is 0 Å². The molecule has 8 heteroatoms. The highest BCUT2D eigenvalue weighted by atomic mass is 32.1. The second kappa shape index (κ2) is 8.00. The second-order valence-corrected chi connectivity index (χ2v) is 11.3. The van der Waals surface area contributed by atoms with E-state index in [9.17, 15) is 9.90 Å². The number of thiazole rings is 1. The molecule has 1 spiro atoms. The number of aromatic carboxylic acids is 1. The van der Waals surface area contributed by atoms with Crippen LogP contribution in [-0.2, 0) is 0 Å². The van der Waals surface area contributed by atoms with Crippen molar-refractivity contribution in [1.82, 2.24) is 15.1 Å². The Balaban J connectivity index is 1.13. The highest BCUT2D eigenvalue weighted by molar-refractivity contribution is 7.21. The number of aromatic nitrogens is 3.